The second kappa shape index (κ2) is 8.30. The van der Waals surface area contributed by atoms with Crippen LogP contribution >= 0.6 is 22.7 Å². The third kappa shape index (κ3) is 4.70. The lowest BCUT2D eigenvalue weighted by Gasteiger charge is -2.32. The molecule has 0 unspecified atom stereocenters. The number of nitrogens with zero attached hydrogens (tertiary/aromatic N) is 1. The van der Waals surface area contributed by atoms with Crippen molar-refractivity contribution in [3.8, 4) is 0 Å². The molecule has 26 heavy (non-hydrogen) atoms. The molecule has 0 radical (unpaired) electrons. The number of carbonyl (C=O) groups is 2. The number of hydrogen-bond acceptors (Lipinski definition) is 6. The molecule has 0 atom stereocenters. The number of nitrogens with one attached hydrogen (secondary N) is 2. The molecule has 3 heterocycles. The van der Waals surface area contributed by atoms with E-state index in [9.17, 15) is 18.0 Å². The Hall–Kier alpha value is -1.75. The van der Waals surface area contributed by atoms with Gasteiger partial charge in [0.2, 0.25) is 5.91 Å². The first-order valence-corrected chi connectivity index (χ1v) is 11.4. The van der Waals surface area contributed by atoms with E-state index in [2.05, 4.69) is 10.0 Å². The van der Waals surface area contributed by atoms with Crippen molar-refractivity contribution in [2.24, 2.45) is 0 Å². The zero-order valence-electron chi connectivity index (χ0n) is 13.9. The fourth-order valence-corrected chi connectivity index (χ4v) is 5.34. The first kappa shape index (κ1) is 19.0. The highest BCUT2D eigenvalue weighted by Gasteiger charge is 2.25. The first-order valence-electron chi connectivity index (χ1n) is 8.10. The fourth-order valence-electron chi connectivity index (χ4n) is 2.69. The number of sulfonamides is 1. The van der Waals surface area contributed by atoms with Gasteiger partial charge in [0.1, 0.15) is 4.21 Å². The van der Waals surface area contributed by atoms with Crippen molar-refractivity contribution in [3.05, 3.63) is 39.9 Å². The molecule has 0 saturated carbocycles. The number of likely N-dealkylation sites (tertiary alicyclic amines) is 1. The topological polar surface area (TPSA) is 95.6 Å². The minimum atomic E-state index is -3.64. The van der Waals surface area contributed by atoms with Gasteiger partial charge < -0.3 is 10.2 Å². The molecule has 0 aliphatic carbocycles. The number of thiophene rings is 2. The summed E-state index contributed by atoms with van der Waals surface area (Å²) in [4.78, 5) is 25.9. The molecule has 0 spiro atoms. The van der Waals surface area contributed by atoms with Crippen LogP contribution in [0.25, 0.3) is 0 Å². The summed E-state index contributed by atoms with van der Waals surface area (Å²) in [6, 6.07) is 4.95. The van der Waals surface area contributed by atoms with Crippen LogP contribution in [-0.4, -0.2) is 50.8 Å². The van der Waals surface area contributed by atoms with Crippen LogP contribution < -0.4 is 10.0 Å². The van der Waals surface area contributed by atoms with Crippen molar-refractivity contribution in [2.75, 3.05) is 19.6 Å². The number of rotatable bonds is 6. The third-order valence-electron chi connectivity index (χ3n) is 4.14. The highest BCUT2D eigenvalue weighted by molar-refractivity contribution is 7.91. The summed E-state index contributed by atoms with van der Waals surface area (Å²) in [6.07, 6.45) is 1.30. The molecule has 2 aromatic rings. The molecule has 3 rings (SSSR count). The Bertz CT molecular complexity index is 839. The predicted octanol–water partition coefficient (Wildman–Crippen LogP) is 1.51. The van der Waals surface area contributed by atoms with E-state index in [1.165, 1.54) is 17.4 Å². The highest BCUT2D eigenvalue weighted by atomic mass is 32.2. The minimum absolute atomic E-state index is 0.0225. The minimum Gasteiger partial charge on any atom is -0.349 e. The van der Waals surface area contributed by atoms with Gasteiger partial charge in [0.05, 0.1) is 6.54 Å². The van der Waals surface area contributed by atoms with E-state index in [1.54, 1.807) is 27.8 Å². The van der Waals surface area contributed by atoms with E-state index in [4.69, 9.17) is 0 Å². The van der Waals surface area contributed by atoms with Gasteiger partial charge in [-0.05, 0) is 35.7 Å². The van der Waals surface area contributed by atoms with Gasteiger partial charge in [-0.2, -0.15) is 11.3 Å². The van der Waals surface area contributed by atoms with Crippen LogP contribution in [0.15, 0.2) is 38.5 Å². The monoisotopic (exact) mass is 413 g/mol. The Morgan fingerprint density at radius 1 is 1.19 bits per heavy atom. The maximum absolute atomic E-state index is 12.2. The molecule has 1 aliphatic heterocycles. The van der Waals surface area contributed by atoms with Gasteiger partial charge in [0.15, 0.2) is 0 Å². The van der Waals surface area contributed by atoms with Gasteiger partial charge in [0, 0.05) is 30.1 Å². The Balaban J connectivity index is 1.44. The van der Waals surface area contributed by atoms with Crippen LogP contribution in [0, 0.1) is 0 Å². The van der Waals surface area contributed by atoms with Gasteiger partial charge in [-0.3, -0.25) is 9.59 Å². The van der Waals surface area contributed by atoms with E-state index < -0.39 is 10.0 Å². The van der Waals surface area contributed by atoms with Crippen LogP contribution in [0.3, 0.4) is 0 Å². The van der Waals surface area contributed by atoms with E-state index in [-0.39, 0.29) is 28.6 Å². The molecular formula is C16H19N3O4S3. The molecule has 140 valence electrons. The van der Waals surface area contributed by atoms with Crippen molar-refractivity contribution in [3.63, 3.8) is 0 Å². The van der Waals surface area contributed by atoms with Gasteiger partial charge in [-0.15, -0.1) is 11.3 Å². The largest absolute Gasteiger partial charge is 0.349 e. The number of carbonyl (C=O) groups excluding carboxylic acids is 2. The van der Waals surface area contributed by atoms with Crippen molar-refractivity contribution in [1.29, 1.82) is 0 Å². The van der Waals surface area contributed by atoms with Crippen molar-refractivity contribution in [1.82, 2.24) is 14.9 Å². The van der Waals surface area contributed by atoms with Gasteiger partial charge in [-0.25, -0.2) is 13.1 Å². The van der Waals surface area contributed by atoms with E-state index in [0.29, 0.717) is 31.5 Å². The van der Waals surface area contributed by atoms with Crippen molar-refractivity contribution < 1.29 is 18.0 Å². The number of piperidine rings is 1. The third-order valence-corrected chi connectivity index (χ3v) is 7.62. The Labute approximate surface area is 160 Å². The molecule has 10 heteroatoms. The molecule has 7 nitrogen and oxygen atoms in total. The van der Waals surface area contributed by atoms with Gasteiger partial charge in [-0.1, -0.05) is 6.07 Å². The Morgan fingerprint density at radius 3 is 2.58 bits per heavy atom. The number of hydrogen-bond donors (Lipinski definition) is 2. The van der Waals surface area contributed by atoms with Gasteiger partial charge in [0.25, 0.3) is 15.9 Å². The zero-order valence-corrected chi connectivity index (χ0v) is 16.3. The summed E-state index contributed by atoms with van der Waals surface area (Å²) in [5.74, 6) is -0.354. The molecule has 0 aromatic carbocycles. The second-order valence-corrected chi connectivity index (χ2v) is 9.62. The summed E-state index contributed by atoms with van der Waals surface area (Å²) < 4.78 is 26.6. The summed E-state index contributed by atoms with van der Waals surface area (Å²) >= 11 is 2.58. The number of amides is 2. The maximum Gasteiger partial charge on any atom is 0.252 e. The highest BCUT2D eigenvalue weighted by Crippen LogP contribution is 2.16. The van der Waals surface area contributed by atoms with Gasteiger partial charge >= 0.3 is 0 Å². The first-order chi connectivity index (χ1) is 12.5. The lowest BCUT2D eigenvalue weighted by atomic mass is 10.0. The maximum atomic E-state index is 12.2. The lowest BCUT2D eigenvalue weighted by Crippen LogP contribution is -2.48. The standard InChI is InChI=1S/C16H19N3O4S3/c20-14(10-17-26(22,23)15-2-1-8-25-15)19-6-3-13(4-7-19)18-16(21)12-5-9-24-11-12/h1-2,5,8-9,11,13,17H,3-4,6-7,10H2,(H,18,21). The van der Waals surface area contributed by atoms with Crippen LogP contribution in [0.2, 0.25) is 0 Å². The van der Waals surface area contributed by atoms with E-state index in [0.717, 1.165) is 11.3 Å². The summed E-state index contributed by atoms with van der Waals surface area (Å²) in [6.45, 7) is 0.731. The average molecular weight is 414 g/mol. The molecule has 0 bridgehead atoms. The van der Waals surface area contributed by atoms with Crippen LogP contribution in [0.1, 0.15) is 23.2 Å². The van der Waals surface area contributed by atoms with Crippen molar-refractivity contribution in [2.45, 2.75) is 23.1 Å². The van der Waals surface area contributed by atoms with Crippen LogP contribution in [-0.2, 0) is 14.8 Å². The molecule has 1 saturated heterocycles. The summed E-state index contributed by atoms with van der Waals surface area (Å²) in [5, 5.41) is 8.30. The molecule has 1 fully saturated rings. The second-order valence-electron chi connectivity index (χ2n) is 5.90. The Kier molecular flexibility index (Phi) is 6.07. The summed E-state index contributed by atoms with van der Waals surface area (Å²) in [5.41, 5.74) is 0.650. The van der Waals surface area contributed by atoms with Crippen molar-refractivity contribution >= 4 is 44.5 Å². The van der Waals surface area contributed by atoms with Crippen LogP contribution in [0.5, 0.6) is 0 Å². The predicted molar refractivity (Wildman–Crippen MR) is 101 cm³/mol. The lowest BCUT2D eigenvalue weighted by molar-refractivity contribution is -0.131. The molecule has 2 amide bonds. The smallest absolute Gasteiger partial charge is 0.252 e. The molecule has 1 aliphatic rings. The molecule has 2 N–H and O–H groups in total. The fraction of sp³-hybridized carbons (Fsp3) is 0.375. The SMILES string of the molecule is O=C(NC1CCN(C(=O)CNS(=O)(=O)c2cccs2)CC1)c1ccsc1. The van der Waals surface area contributed by atoms with E-state index >= 15 is 0 Å². The average Bonchev–Trinajstić information content (AvgIpc) is 3.33. The van der Waals surface area contributed by atoms with Crippen LogP contribution in [0.4, 0.5) is 0 Å². The normalized spacial score (nSPS) is 15.8. The Morgan fingerprint density at radius 2 is 1.96 bits per heavy atom. The zero-order chi connectivity index (χ0) is 18.6. The quantitative estimate of drug-likeness (QED) is 0.750. The molecular weight excluding hydrogens is 394 g/mol. The van der Waals surface area contributed by atoms with E-state index in [1.807, 2.05) is 5.38 Å². The molecule has 2 aromatic heterocycles. The summed E-state index contributed by atoms with van der Waals surface area (Å²) in [7, 11) is -3.64.